The molecule has 1 aromatic rings. The molecule has 0 aliphatic carbocycles. The molecule has 15 heavy (non-hydrogen) atoms. The van der Waals surface area contributed by atoms with Crippen LogP contribution >= 0.6 is 0 Å². The Balaban J connectivity index is 1.94. The van der Waals surface area contributed by atoms with Gasteiger partial charge in [-0.3, -0.25) is 4.98 Å². The molecule has 0 aromatic carbocycles. The van der Waals surface area contributed by atoms with E-state index in [0.717, 1.165) is 5.92 Å². The third kappa shape index (κ3) is 2.57. The van der Waals surface area contributed by atoms with Gasteiger partial charge < -0.3 is 4.90 Å². The molecule has 2 nitrogen and oxygen atoms in total. The van der Waals surface area contributed by atoms with Crippen LogP contribution in [0, 0.1) is 0 Å². The van der Waals surface area contributed by atoms with Crippen LogP contribution in [0.4, 0.5) is 0 Å². The van der Waals surface area contributed by atoms with Crippen molar-refractivity contribution in [2.24, 2.45) is 0 Å². The summed E-state index contributed by atoms with van der Waals surface area (Å²) in [7, 11) is 0. The highest BCUT2D eigenvalue weighted by Crippen LogP contribution is 2.27. The summed E-state index contributed by atoms with van der Waals surface area (Å²) in [5.74, 6) is 0.753. The van der Waals surface area contributed by atoms with Crippen molar-refractivity contribution in [3.8, 4) is 0 Å². The molecule has 2 heteroatoms. The Morgan fingerprint density at radius 1 is 1.20 bits per heavy atom. The van der Waals surface area contributed by atoms with Crippen molar-refractivity contribution in [2.45, 2.75) is 38.6 Å². The van der Waals surface area contributed by atoms with Crippen molar-refractivity contribution in [2.75, 3.05) is 13.1 Å². The molecule has 1 aromatic heterocycles. The summed E-state index contributed by atoms with van der Waals surface area (Å²) in [6, 6.07) is 5.02. The summed E-state index contributed by atoms with van der Waals surface area (Å²) in [6.45, 7) is 7.05. The van der Waals surface area contributed by atoms with Crippen molar-refractivity contribution >= 4 is 0 Å². The fourth-order valence-electron chi connectivity index (χ4n) is 2.38. The minimum Gasteiger partial charge on any atom is -0.301 e. The van der Waals surface area contributed by atoms with Crippen LogP contribution < -0.4 is 0 Å². The normalized spacial score (nSPS) is 19.7. The smallest absolute Gasteiger partial charge is 0.0270 e. The Morgan fingerprint density at radius 2 is 1.80 bits per heavy atom. The predicted molar refractivity (Wildman–Crippen MR) is 62.9 cm³/mol. The largest absolute Gasteiger partial charge is 0.301 e. The van der Waals surface area contributed by atoms with Crippen molar-refractivity contribution in [3.05, 3.63) is 30.1 Å². The van der Waals surface area contributed by atoms with E-state index in [2.05, 4.69) is 35.9 Å². The number of pyridine rings is 1. The third-order valence-corrected chi connectivity index (χ3v) is 3.44. The van der Waals surface area contributed by atoms with E-state index >= 15 is 0 Å². The molecule has 0 N–H and O–H groups in total. The van der Waals surface area contributed by atoms with Gasteiger partial charge in [0.25, 0.3) is 0 Å². The molecule has 0 spiro atoms. The number of hydrogen-bond acceptors (Lipinski definition) is 2. The van der Waals surface area contributed by atoms with Crippen LogP contribution in [0.5, 0.6) is 0 Å². The van der Waals surface area contributed by atoms with E-state index in [-0.39, 0.29) is 0 Å². The molecule has 0 saturated carbocycles. The molecule has 1 fully saturated rings. The van der Waals surface area contributed by atoms with E-state index in [1.165, 1.54) is 31.5 Å². The highest BCUT2D eigenvalue weighted by molar-refractivity contribution is 5.16. The zero-order valence-electron chi connectivity index (χ0n) is 9.69. The zero-order valence-corrected chi connectivity index (χ0v) is 9.69. The summed E-state index contributed by atoms with van der Waals surface area (Å²) in [5.41, 5.74) is 1.47. The van der Waals surface area contributed by atoms with Gasteiger partial charge in [-0.1, -0.05) is 0 Å². The highest BCUT2D eigenvalue weighted by Gasteiger charge is 2.21. The van der Waals surface area contributed by atoms with E-state index in [9.17, 15) is 0 Å². The minimum absolute atomic E-state index is 0.698. The molecule has 0 amide bonds. The van der Waals surface area contributed by atoms with Crippen molar-refractivity contribution in [1.29, 1.82) is 0 Å². The number of hydrogen-bond donors (Lipinski definition) is 0. The number of piperidine rings is 1. The monoisotopic (exact) mass is 204 g/mol. The minimum atomic E-state index is 0.698. The van der Waals surface area contributed by atoms with Crippen LogP contribution in [0.25, 0.3) is 0 Å². The third-order valence-electron chi connectivity index (χ3n) is 3.44. The number of aromatic nitrogens is 1. The van der Waals surface area contributed by atoms with Gasteiger partial charge in [-0.05, 0) is 63.4 Å². The lowest BCUT2D eigenvalue weighted by atomic mass is 9.90. The van der Waals surface area contributed by atoms with Gasteiger partial charge in [0.05, 0.1) is 0 Å². The van der Waals surface area contributed by atoms with E-state index < -0.39 is 0 Å². The van der Waals surface area contributed by atoms with E-state index in [1.807, 2.05) is 12.4 Å². The first-order valence-electron chi connectivity index (χ1n) is 5.91. The molecule has 2 heterocycles. The molecule has 0 unspecified atom stereocenters. The first-order chi connectivity index (χ1) is 7.27. The molecule has 1 aliphatic heterocycles. The Kier molecular flexibility index (Phi) is 3.37. The summed E-state index contributed by atoms with van der Waals surface area (Å²) in [4.78, 5) is 6.64. The van der Waals surface area contributed by atoms with Crippen molar-refractivity contribution < 1.29 is 0 Å². The Morgan fingerprint density at radius 3 is 2.33 bits per heavy atom. The van der Waals surface area contributed by atoms with Gasteiger partial charge in [0, 0.05) is 18.4 Å². The second kappa shape index (κ2) is 4.75. The van der Waals surface area contributed by atoms with Crippen molar-refractivity contribution in [3.63, 3.8) is 0 Å². The SMILES string of the molecule is CC(C)N1CCC(c2ccncc2)CC1. The summed E-state index contributed by atoms with van der Waals surface area (Å²) >= 11 is 0. The van der Waals surface area contributed by atoms with Crippen LogP contribution in [0.1, 0.15) is 38.2 Å². The Hall–Kier alpha value is -0.890. The maximum Gasteiger partial charge on any atom is 0.0270 e. The van der Waals surface area contributed by atoms with Crippen LogP contribution in [0.15, 0.2) is 24.5 Å². The van der Waals surface area contributed by atoms with E-state index in [4.69, 9.17) is 0 Å². The zero-order chi connectivity index (χ0) is 10.7. The summed E-state index contributed by atoms with van der Waals surface area (Å²) in [6.07, 6.45) is 6.40. The van der Waals surface area contributed by atoms with Gasteiger partial charge in [-0.25, -0.2) is 0 Å². The van der Waals surface area contributed by atoms with Gasteiger partial charge in [0.1, 0.15) is 0 Å². The van der Waals surface area contributed by atoms with Crippen LogP contribution in [-0.4, -0.2) is 29.0 Å². The number of nitrogens with zero attached hydrogens (tertiary/aromatic N) is 2. The van der Waals surface area contributed by atoms with Gasteiger partial charge in [-0.2, -0.15) is 0 Å². The fourth-order valence-corrected chi connectivity index (χ4v) is 2.38. The lowest BCUT2D eigenvalue weighted by molar-refractivity contribution is 0.172. The number of rotatable bonds is 2. The van der Waals surface area contributed by atoms with Crippen LogP contribution in [0.3, 0.4) is 0 Å². The van der Waals surface area contributed by atoms with Crippen LogP contribution in [0.2, 0.25) is 0 Å². The molecule has 0 bridgehead atoms. The Bertz CT molecular complexity index is 287. The average Bonchev–Trinajstić information content (AvgIpc) is 2.30. The summed E-state index contributed by atoms with van der Waals surface area (Å²) in [5, 5.41) is 0. The van der Waals surface area contributed by atoms with Gasteiger partial charge in [-0.15, -0.1) is 0 Å². The lowest BCUT2D eigenvalue weighted by Gasteiger charge is -2.34. The molecule has 2 rings (SSSR count). The maximum atomic E-state index is 4.07. The average molecular weight is 204 g/mol. The molecule has 82 valence electrons. The van der Waals surface area contributed by atoms with Gasteiger partial charge in [0.2, 0.25) is 0 Å². The lowest BCUT2D eigenvalue weighted by Crippen LogP contribution is -2.37. The highest BCUT2D eigenvalue weighted by atomic mass is 15.1. The van der Waals surface area contributed by atoms with E-state index in [0.29, 0.717) is 6.04 Å². The number of likely N-dealkylation sites (tertiary alicyclic amines) is 1. The molecule has 0 atom stereocenters. The molecular weight excluding hydrogens is 184 g/mol. The first-order valence-corrected chi connectivity index (χ1v) is 5.91. The summed E-state index contributed by atoms with van der Waals surface area (Å²) < 4.78 is 0. The molecular formula is C13H20N2. The van der Waals surface area contributed by atoms with Crippen molar-refractivity contribution in [1.82, 2.24) is 9.88 Å². The topological polar surface area (TPSA) is 16.1 Å². The van der Waals surface area contributed by atoms with Gasteiger partial charge >= 0.3 is 0 Å². The van der Waals surface area contributed by atoms with Crippen LogP contribution in [-0.2, 0) is 0 Å². The second-order valence-corrected chi connectivity index (χ2v) is 4.68. The first kappa shape index (κ1) is 10.6. The molecule has 1 saturated heterocycles. The van der Waals surface area contributed by atoms with Gasteiger partial charge in [0.15, 0.2) is 0 Å². The second-order valence-electron chi connectivity index (χ2n) is 4.68. The quantitative estimate of drug-likeness (QED) is 0.736. The Labute approximate surface area is 92.3 Å². The molecule has 0 radical (unpaired) electrons. The van der Waals surface area contributed by atoms with E-state index in [1.54, 1.807) is 0 Å². The molecule has 1 aliphatic rings. The fraction of sp³-hybridized carbons (Fsp3) is 0.615. The maximum absolute atomic E-state index is 4.07. The predicted octanol–water partition coefficient (Wildman–Crippen LogP) is 2.67. The standard InChI is InChI=1S/C13H20N2/c1-11(2)15-9-5-13(6-10-15)12-3-7-14-8-4-12/h3-4,7-8,11,13H,5-6,9-10H2,1-2H3.